The lowest BCUT2D eigenvalue weighted by Gasteiger charge is -2.09. The predicted molar refractivity (Wildman–Crippen MR) is 77.5 cm³/mol. The first-order valence-corrected chi connectivity index (χ1v) is 7.31. The molecule has 2 aromatic rings. The maximum absolute atomic E-state index is 12.9. The second-order valence-corrected chi connectivity index (χ2v) is 5.17. The molecule has 1 N–H and O–H groups in total. The number of rotatable bonds is 7. The molecule has 0 saturated carbocycles. The molecule has 0 aliphatic rings. The minimum Gasteiger partial charge on any atom is -0.492 e. The molecule has 0 radical (unpaired) electrons. The summed E-state index contributed by atoms with van der Waals surface area (Å²) in [6.45, 7) is 4.18. The molecule has 0 atom stereocenters. The van der Waals surface area contributed by atoms with Crippen LogP contribution >= 0.6 is 11.3 Å². The van der Waals surface area contributed by atoms with Gasteiger partial charge >= 0.3 is 0 Å². The molecule has 2 rings (SSSR count). The Hall–Kier alpha value is -1.39. The van der Waals surface area contributed by atoms with Crippen molar-refractivity contribution in [2.75, 3.05) is 19.7 Å². The van der Waals surface area contributed by atoms with Crippen LogP contribution in [0.1, 0.15) is 11.1 Å². The summed E-state index contributed by atoms with van der Waals surface area (Å²) in [5, 5.41) is 7.59. The van der Waals surface area contributed by atoms with E-state index in [4.69, 9.17) is 4.74 Å². The van der Waals surface area contributed by atoms with Gasteiger partial charge in [0.1, 0.15) is 18.2 Å². The summed E-state index contributed by atoms with van der Waals surface area (Å²) in [5.74, 6) is 0.528. The molecule has 0 amide bonds. The zero-order valence-corrected chi connectivity index (χ0v) is 11.8. The Bertz CT molecular complexity index is 499. The quantitative estimate of drug-likeness (QED) is 0.784. The van der Waals surface area contributed by atoms with Crippen molar-refractivity contribution < 1.29 is 9.13 Å². The first kappa shape index (κ1) is 14.0. The Morgan fingerprint density at radius 3 is 2.89 bits per heavy atom. The third-order valence-corrected chi connectivity index (χ3v) is 3.58. The van der Waals surface area contributed by atoms with Crippen LogP contribution in [-0.2, 0) is 6.42 Å². The third-order valence-electron chi connectivity index (χ3n) is 2.84. The van der Waals surface area contributed by atoms with Crippen LogP contribution in [0.15, 0.2) is 35.0 Å². The topological polar surface area (TPSA) is 21.3 Å². The molecular formula is C15H18FNOS. The predicted octanol–water partition coefficient (Wildman–Crippen LogP) is 3.41. The largest absolute Gasteiger partial charge is 0.492 e. The van der Waals surface area contributed by atoms with E-state index in [1.165, 1.54) is 17.7 Å². The van der Waals surface area contributed by atoms with Gasteiger partial charge in [-0.25, -0.2) is 4.39 Å². The van der Waals surface area contributed by atoms with Crippen LogP contribution in [0.25, 0.3) is 0 Å². The van der Waals surface area contributed by atoms with Crippen molar-refractivity contribution in [2.24, 2.45) is 0 Å². The molecular weight excluding hydrogens is 261 g/mol. The summed E-state index contributed by atoms with van der Waals surface area (Å²) < 4.78 is 18.5. The lowest BCUT2D eigenvalue weighted by atomic mass is 10.2. The summed E-state index contributed by atoms with van der Waals surface area (Å²) >= 11 is 1.72. The maximum atomic E-state index is 12.9. The lowest BCUT2D eigenvalue weighted by Crippen LogP contribution is -2.23. The van der Waals surface area contributed by atoms with Gasteiger partial charge in [-0.2, -0.15) is 11.3 Å². The Kier molecular flexibility index (Phi) is 5.36. The molecule has 4 heteroatoms. The average molecular weight is 279 g/mol. The van der Waals surface area contributed by atoms with Gasteiger partial charge < -0.3 is 10.1 Å². The highest BCUT2D eigenvalue weighted by Crippen LogP contribution is 2.17. The highest BCUT2D eigenvalue weighted by molar-refractivity contribution is 7.07. The smallest absolute Gasteiger partial charge is 0.123 e. The Labute approximate surface area is 117 Å². The number of nitrogens with one attached hydrogen (secondary N) is 1. The van der Waals surface area contributed by atoms with E-state index >= 15 is 0 Å². The van der Waals surface area contributed by atoms with Gasteiger partial charge in [0.05, 0.1) is 0 Å². The summed E-state index contributed by atoms with van der Waals surface area (Å²) in [5.41, 5.74) is 2.20. The molecule has 1 aromatic carbocycles. The van der Waals surface area contributed by atoms with Crippen molar-refractivity contribution in [3.8, 4) is 5.75 Å². The van der Waals surface area contributed by atoms with Crippen LogP contribution in [0.3, 0.4) is 0 Å². The Morgan fingerprint density at radius 2 is 2.16 bits per heavy atom. The second-order valence-electron chi connectivity index (χ2n) is 4.39. The molecule has 0 bridgehead atoms. The summed E-state index contributed by atoms with van der Waals surface area (Å²) in [6, 6.07) is 6.73. The maximum Gasteiger partial charge on any atom is 0.123 e. The zero-order chi connectivity index (χ0) is 13.5. The molecule has 0 fully saturated rings. The van der Waals surface area contributed by atoms with E-state index in [0.717, 1.165) is 30.8 Å². The molecule has 19 heavy (non-hydrogen) atoms. The van der Waals surface area contributed by atoms with E-state index < -0.39 is 0 Å². The Balaban J connectivity index is 1.61. The van der Waals surface area contributed by atoms with Gasteiger partial charge in [0.25, 0.3) is 0 Å². The fraction of sp³-hybridized carbons (Fsp3) is 0.333. The molecule has 1 aromatic heterocycles. The number of hydrogen-bond acceptors (Lipinski definition) is 3. The van der Waals surface area contributed by atoms with E-state index in [1.807, 2.05) is 6.92 Å². The number of ether oxygens (including phenoxy) is 1. The van der Waals surface area contributed by atoms with Gasteiger partial charge in [-0.3, -0.25) is 0 Å². The second kappa shape index (κ2) is 7.26. The molecule has 2 nitrogen and oxygen atoms in total. The van der Waals surface area contributed by atoms with Crippen LogP contribution in [0.4, 0.5) is 4.39 Å². The molecule has 102 valence electrons. The van der Waals surface area contributed by atoms with Gasteiger partial charge in [0.15, 0.2) is 0 Å². The van der Waals surface area contributed by atoms with Gasteiger partial charge in [-0.05, 0) is 66.0 Å². The van der Waals surface area contributed by atoms with Crippen molar-refractivity contribution in [1.82, 2.24) is 5.32 Å². The molecule has 0 spiro atoms. The number of benzene rings is 1. The van der Waals surface area contributed by atoms with Crippen LogP contribution in [0.5, 0.6) is 5.75 Å². The summed E-state index contributed by atoms with van der Waals surface area (Å²) in [4.78, 5) is 0. The van der Waals surface area contributed by atoms with Crippen molar-refractivity contribution >= 4 is 11.3 Å². The minimum atomic E-state index is -0.223. The van der Waals surface area contributed by atoms with Crippen molar-refractivity contribution in [2.45, 2.75) is 13.3 Å². The van der Waals surface area contributed by atoms with E-state index in [9.17, 15) is 4.39 Å². The van der Waals surface area contributed by atoms with Crippen molar-refractivity contribution in [1.29, 1.82) is 0 Å². The van der Waals surface area contributed by atoms with E-state index in [2.05, 4.69) is 22.1 Å². The van der Waals surface area contributed by atoms with Gasteiger partial charge in [-0.15, -0.1) is 0 Å². The van der Waals surface area contributed by atoms with Crippen molar-refractivity contribution in [3.63, 3.8) is 0 Å². The van der Waals surface area contributed by atoms with E-state index in [1.54, 1.807) is 17.4 Å². The highest BCUT2D eigenvalue weighted by Gasteiger charge is 2.00. The minimum absolute atomic E-state index is 0.223. The first-order valence-electron chi connectivity index (χ1n) is 6.36. The van der Waals surface area contributed by atoms with Crippen molar-refractivity contribution in [3.05, 3.63) is 52.0 Å². The number of hydrogen-bond donors (Lipinski definition) is 1. The van der Waals surface area contributed by atoms with Crippen LogP contribution in [0, 0.1) is 12.7 Å². The average Bonchev–Trinajstić information content (AvgIpc) is 2.89. The van der Waals surface area contributed by atoms with Crippen LogP contribution in [-0.4, -0.2) is 19.7 Å². The van der Waals surface area contributed by atoms with Crippen LogP contribution in [0.2, 0.25) is 0 Å². The summed E-state index contributed by atoms with van der Waals surface area (Å²) in [7, 11) is 0. The fourth-order valence-corrected chi connectivity index (χ4v) is 2.50. The molecule has 0 saturated heterocycles. The standard InChI is InChI=1S/C15H18FNOS/c1-12-10-14(16)2-3-15(12)18-8-7-17-6-4-13-5-9-19-11-13/h2-3,5,9-11,17H,4,6-8H2,1H3. The molecule has 0 aliphatic carbocycles. The van der Waals surface area contributed by atoms with Gasteiger partial charge in [-0.1, -0.05) is 0 Å². The lowest BCUT2D eigenvalue weighted by molar-refractivity contribution is 0.312. The fourth-order valence-electron chi connectivity index (χ4n) is 1.80. The molecule has 0 aliphatic heterocycles. The number of thiophene rings is 1. The van der Waals surface area contributed by atoms with Gasteiger partial charge in [0, 0.05) is 6.54 Å². The highest BCUT2D eigenvalue weighted by atomic mass is 32.1. The molecule has 1 heterocycles. The number of halogens is 1. The monoisotopic (exact) mass is 279 g/mol. The van der Waals surface area contributed by atoms with Gasteiger partial charge in [0.2, 0.25) is 0 Å². The number of aryl methyl sites for hydroxylation is 1. The normalized spacial score (nSPS) is 10.6. The Morgan fingerprint density at radius 1 is 1.26 bits per heavy atom. The zero-order valence-electron chi connectivity index (χ0n) is 11.0. The van der Waals surface area contributed by atoms with E-state index in [0.29, 0.717) is 6.61 Å². The third kappa shape index (κ3) is 4.65. The SMILES string of the molecule is Cc1cc(F)ccc1OCCNCCc1ccsc1. The van der Waals surface area contributed by atoms with E-state index in [-0.39, 0.29) is 5.82 Å². The van der Waals surface area contributed by atoms with Crippen LogP contribution < -0.4 is 10.1 Å². The first-order chi connectivity index (χ1) is 9.25. The molecule has 0 unspecified atom stereocenters. The summed E-state index contributed by atoms with van der Waals surface area (Å²) in [6.07, 6.45) is 1.04.